The van der Waals surface area contributed by atoms with Crippen molar-refractivity contribution in [1.29, 1.82) is 0 Å². The van der Waals surface area contributed by atoms with Crippen LogP contribution in [0.4, 0.5) is 0 Å². The average molecular weight is 232 g/mol. The maximum absolute atomic E-state index is 11.8. The Balaban J connectivity index is 2.58. The van der Waals surface area contributed by atoms with Crippen LogP contribution in [0.25, 0.3) is 5.69 Å². The molecule has 0 aliphatic carbocycles. The second-order valence-electron chi connectivity index (χ2n) is 4.08. The van der Waals surface area contributed by atoms with Crippen LogP contribution in [0.5, 0.6) is 0 Å². The van der Waals surface area contributed by atoms with Crippen molar-refractivity contribution in [3.63, 3.8) is 0 Å². The van der Waals surface area contributed by atoms with Gasteiger partial charge in [-0.15, -0.1) is 0 Å². The summed E-state index contributed by atoms with van der Waals surface area (Å²) in [6.07, 6.45) is 0.732. The third kappa shape index (κ3) is 2.14. The van der Waals surface area contributed by atoms with Gasteiger partial charge >= 0.3 is 5.69 Å². The number of aromatic nitrogens is 3. The standard InChI is InChI=1S/C12H16N4O/c1-3-10(13)11-14-15-12(17)16(11)9-6-4-5-8(2)7-9/h4-7,10H,3,13H2,1-2H3,(H,15,17). The van der Waals surface area contributed by atoms with E-state index in [2.05, 4.69) is 10.2 Å². The normalized spacial score (nSPS) is 12.6. The van der Waals surface area contributed by atoms with Crippen LogP contribution < -0.4 is 11.4 Å². The number of hydrogen-bond acceptors (Lipinski definition) is 3. The number of benzene rings is 1. The summed E-state index contributed by atoms with van der Waals surface area (Å²) in [7, 11) is 0. The molecule has 0 aliphatic rings. The van der Waals surface area contributed by atoms with Crippen LogP contribution in [0.2, 0.25) is 0 Å². The first-order valence-electron chi connectivity index (χ1n) is 5.63. The number of aromatic amines is 1. The van der Waals surface area contributed by atoms with E-state index >= 15 is 0 Å². The summed E-state index contributed by atoms with van der Waals surface area (Å²) < 4.78 is 1.53. The first kappa shape index (κ1) is 11.6. The molecule has 1 aromatic carbocycles. The van der Waals surface area contributed by atoms with Gasteiger partial charge in [-0.05, 0) is 31.0 Å². The Morgan fingerprint density at radius 1 is 1.53 bits per heavy atom. The van der Waals surface area contributed by atoms with Gasteiger partial charge in [-0.3, -0.25) is 0 Å². The highest BCUT2D eigenvalue weighted by atomic mass is 16.1. The highest BCUT2D eigenvalue weighted by Gasteiger charge is 2.15. The predicted molar refractivity (Wildman–Crippen MR) is 66.1 cm³/mol. The molecule has 0 radical (unpaired) electrons. The summed E-state index contributed by atoms with van der Waals surface area (Å²) in [4.78, 5) is 11.8. The second kappa shape index (κ2) is 4.55. The summed E-state index contributed by atoms with van der Waals surface area (Å²) in [6.45, 7) is 3.94. The van der Waals surface area contributed by atoms with Gasteiger partial charge in [-0.25, -0.2) is 14.5 Å². The van der Waals surface area contributed by atoms with Gasteiger partial charge in [0.05, 0.1) is 11.7 Å². The zero-order chi connectivity index (χ0) is 12.4. The summed E-state index contributed by atoms with van der Waals surface area (Å²) in [5.74, 6) is 0.572. The Kier molecular flexibility index (Phi) is 3.10. The molecule has 0 amide bonds. The summed E-state index contributed by atoms with van der Waals surface area (Å²) >= 11 is 0. The van der Waals surface area contributed by atoms with E-state index in [9.17, 15) is 4.79 Å². The van der Waals surface area contributed by atoms with Gasteiger partial charge in [0.2, 0.25) is 0 Å². The van der Waals surface area contributed by atoms with E-state index in [1.54, 1.807) is 0 Å². The molecule has 2 rings (SSSR count). The first-order chi connectivity index (χ1) is 8.13. The lowest BCUT2D eigenvalue weighted by Crippen LogP contribution is -2.21. The first-order valence-corrected chi connectivity index (χ1v) is 5.63. The minimum Gasteiger partial charge on any atom is -0.321 e. The van der Waals surface area contributed by atoms with E-state index in [0.29, 0.717) is 5.82 Å². The molecule has 90 valence electrons. The summed E-state index contributed by atoms with van der Waals surface area (Å²) in [5, 5.41) is 6.44. The Hall–Kier alpha value is -1.88. The lowest BCUT2D eigenvalue weighted by Gasteiger charge is -2.10. The highest BCUT2D eigenvalue weighted by Crippen LogP contribution is 2.14. The molecular formula is C12H16N4O. The molecule has 5 nitrogen and oxygen atoms in total. The van der Waals surface area contributed by atoms with Crippen molar-refractivity contribution >= 4 is 0 Å². The van der Waals surface area contributed by atoms with Crippen LogP contribution in [0.1, 0.15) is 30.8 Å². The number of nitrogens with two attached hydrogens (primary N) is 1. The Bertz CT molecular complexity index is 570. The van der Waals surface area contributed by atoms with Crippen molar-refractivity contribution in [3.05, 3.63) is 46.1 Å². The van der Waals surface area contributed by atoms with Gasteiger partial charge in [0, 0.05) is 0 Å². The van der Waals surface area contributed by atoms with Gasteiger partial charge in [0.25, 0.3) is 0 Å². The third-order valence-electron chi connectivity index (χ3n) is 2.73. The fourth-order valence-electron chi connectivity index (χ4n) is 1.76. The van der Waals surface area contributed by atoms with Crippen LogP contribution in [0.3, 0.4) is 0 Å². The molecule has 17 heavy (non-hydrogen) atoms. The Labute approximate surface area is 99.3 Å². The number of H-pyrrole nitrogens is 1. The van der Waals surface area contributed by atoms with E-state index in [4.69, 9.17) is 5.73 Å². The van der Waals surface area contributed by atoms with Gasteiger partial charge in [-0.2, -0.15) is 5.10 Å². The summed E-state index contributed by atoms with van der Waals surface area (Å²) in [6, 6.07) is 7.45. The summed E-state index contributed by atoms with van der Waals surface area (Å²) in [5.41, 5.74) is 7.57. The number of rotatable bonds is 3. The van der Waals surface area contributed by atoms with E-state index in [1.165, 1.54) is 4.57 Å². The van der Waals surface area contributed by atoms with Crippen molar-refractivity contribution in [3.8, 4) is 5.69 Å². The number of hydrogen-bond donors (Lipinski definition) is 2. The van der Waals surface area contributed by atoms with Crippen LogP contribution in [-0.2, 0) is 0 Å². The van der Waals surface area contributed by atoms with Gasteiger partial charge < -0.3 is 5.73 Å². The molecule has 1 aromatic heterocycles. The molecular weight excluding hydrogens is 216 g/mol. The van der Waals surface area contributed by atoms with Crippen molar-refractivity contribution in [2.24, 2.45) is 5.73 Å². The van der Waals surface area contributed by atoms with Gasteiger partial charge in [0.1, 0.15) is 0 Å². The largest absolute Gasteiger partial charge is 0.347 e. The monoisotopic (exact) mass is 232 g/mol. The quantitative estimate of drug-likeness (QED) is 0.836. The minimum absolute atomic E-state index is 0.241. The van der Waals surface area contributed by atoms with Crippen LogP contribution >= 0.6 is 0 Å². The maximum Gasteiger partial charge on any atom is 0.347 e. The van der Waals surface area contributed by atoms with E-state index in [0.717, 1.165) is 17.7 Å². The lowest BCUT2D eigenvalue weighted by molar-refractivity contribution is 0.631. The van der Waals surface area contributed by atoms with Crippen molar-refractivity contribution in [2.75, 3.05) is 0 Å². The molecule has 0 saturated heterocycles. The van der Waals surface area contributed by atoms with Crippen LogP contribution in [0, 0.1) is 6.92 Å². The fraction of sp³-hybridized carbons (Fsp3) is 0.333. The second-order valence-corrected chi connectivity index (χ2v) is 4.08. The molecule has 0 fully saturated rings. The number of aryl methyl sites for hydroxylation is 1. The molecule has 0 spiro atoms. The van der Waals surface area contributed by atoms with E-state index < -0.39 is 0 Å². The maximum atomic E-state index is 11.8. The Morgan fingerprint density at radius 3 is 2.94 bits per heavy atom. The SMILES string of the molecule is CCC(N)c1n[nH]c(=O)n1-c1cccc(C)c1. The zero-order valence-electron chi connectivity index (χ0n) is 9.97. The van der Waals surface area contributed by atoms with Gasteiger partial charge in [-0.1, -0.05) is 19.1 Å². The number of nitrogens with zero attached hydrogens (tertiary/aromatic N) is 2. The molecule has 0 saturated carbocycles. The number of nitrogens with one attached hydrogen (secondary N) is 1. The zero-order valence-corrected chi connectivity index (χ0v) is 9.97. The predicted octanol–water partition coefficient (Wildman–Crippen LogP) is 1.28. The molecule has 5 heteroatoms. The molecule has 1 atom stereocenters. The van der Waals surface area contributed by atoms with E-state index in [1.807, 2.05) is 38.1 Å². The lowest BCUT2D eigenvalue weighted by atomic mass is 10.2. The Morgan fingerprint density at radius 2 is 2.29 bits per heavy atom. The molecule has 2 aromatic rings. The highest BCUT2D eigenvalue weighted by molar-refractivity contribution is 5.36. The molecule has 0 aliphatic heterocycles. The average Bonchev–Trinajstić information content (AvgIpc) is 2.70. The molecule has 0 bridgehead atoms. The topological polar surface area (TPSA) is 76.7 Å². The van der Waals surface area contributed by atoms with Crippen molar-refractivity contribution in [2.45, 2.75) is 26.3 Å². The molecule has 3 N–H and O–H groups in total. The van der Waals surface area contributed by atoms with Crippen LogP contribution in [-0.4, -0.2) is 14.8 Å². The van der Waals surface area contributed by atoms with E-state index in [-0.39, 0.29) is 11.7 Å². The fourth-order valence-corrected chi connectivity index (χ4v) is 1.76. The van der Waals surface area contributed by atoms with Crippen molar-refractivity contribution < 1.29 is 0 Å². The molecule has 1 heterocycles. The molecule has 1 unspecified atom stereocenters. The third-order valence-corrected chi connectivity index (χ3v) is 2.73. The smallest absolute Gasteiger partial charge is 0.321 e. The van der Waals surface area contributed by atoms with Gasteiger partial charge in [0.15, 0.2) is 5.82 Å². The van der Waals surface area contributed by atoms with Crippen LogP contribution in [0.15, 0.2) is 29.1 Å². The minimum atomic E-state index is -0.255. The van der Waals surface area contributed by atoms with Crippen molar-refractivity contribution in [1.82, 2.24) is 14.8 Å².